The fraction of sp³-hybridized carbons (Fsp3) is 0.642. The van der Waals surface area contributed by atoms with E-state index in [1.165, 1.54) is 44.9 Å². The van der Waals surface area contributed by atoms with Gasteiger partial charge < -0.3 is 45.1 Å². The molecule has 0 saturated carbocycles. The quantitative estimate of drug-likeness (QED) is 0.0149. The number of carbonyl (C=O) groups is 2. The van der Waals surface area contributed by atoms with E-state index in [-0.39, 0.29) is 19.4 Å². The van der Waals surface area contributed by atoms with Gasteiger partial charge in [-0.05, 0) is 96.3 Å². The molecule has 78 heavy (non-hydrogen) atoms. The Morgan fingerprint density at radius 2 is 0.987 bits per heavy atom. The average molecular weight is 1090 g/mol. The van der Waals surface area contributed by atoms with E-state index < -0.39 is 67.4 Å². The number of rotatable bonds is 49. The number of hydrogen-bond donors (Lipinski definition) is 6. The largest absolute Gasteiger partial charge is 0.454 e. The summed E-state index contributed by atoms with van der Waals surface area (Å²) in [7, 11) is 0. The van der Waals surface area contributed by atoms with Gasteiger partial charge in [-0.25, -0.2) is 0 Å². The van der Waals surface area contributed by atoms with E-state index in [0.717, 1.165) is 122 Å². The van der Waals surface area contributed by atoms with Gasteiger partial charge >= 0.3 is 5.97 Å². The Balaban J connectivity index is 2.66. The maximum absolute atomic E-state index is 13.4. The van der Waals surface area contributed by atoms with E-state index in [4.69, 9.17) is 14.2 Å². The minimum absolute atomic E-state index is 0.0925. The van der Waals surface area contributed by atoms with Crippen LogP contribution in [0.4, 0.5) is 0 Å². The van der Waals surface area contributed by atoms with Gasteiger partial charge in [0.05, 0.1) is 25.4 Å². The molecule has 1 fully saturated rings. The lowest BCUT2D eigenvalue weighted by Crippen LogP contribution is -2.61. The third-order valence-electron chi connectivity index (χ3n) is 13.4. The Hall–Kier alpha value is -4.20. The van der Waals surface area contributed by atoms with Gasteiger partial charge in [0.25, 0.3) is 0 Å². The van der Waals surface area contributed by atoms with Crippen molar-refractivity contribution in [2.24, 2.45) is 0 Å². The molecule has 0 aromatic heterocycles. The Morgan fingerprint density at radius 3 is 1.54 bits per heavy atom. The molecular formula is C67H109NO10. The van der Waals surface area contributed by atoms with Gasteiger partial charge in [-0.1, -0.05) is 244 Å². The highest BCUT2D eigenvalue weighted by Crippen LogP contribution is 2.26. The van der Waals surface area contributed by atoms with Crippen LogP contribution in [0.2, 0.25) is 0 Å². The van der Waals surface area contributed by atoms with Gasteiger partial charge in [0, 0.05) is 6.42 Å². The number of allylic oxidation sites excluding steroid dienone is 21. The van der Waals surface area contributed by atoms with Crippen molar-refractivity contribution < 1.29 is 49.3 Å². The third kappa shape index (κ3) is 40.9. The molecule has 1 heterocycles. The summed E-state index contributed by atoms with van der Waals surface area (Å²) in [6.07, 6.45) is 65.0. The molecule has 0 radical (unpaired) electrons. The number of carbonyl (C=O) groups excluding carboxylic acids is 2. The van der Waals surface area contributed by atoms with Crippen molar-refractivity contribution in [1.82, 2.24) is 5.32 Å². The SMILES string of the molecule is CC/C=C\C/C=C\C/C=C\C/C=C\C/C=C\C/C=C\CCCCCCCCC(=O)OC1C(OCC(NC(=O)C(O)CCCC\C=C/C=C\C=C\C=C\CC)C(O)/C=C/CCCCCCCCCCCC)OC(CO)C(O)C1O. The van der Waals surface area contributed by atoms with Gasteiger partial charge in [-0.3, -0.25) is 9.59 Å². The lowest BCUT2D eigenvalue weighted by Gasteiger charge is -2.41. The number of esters is 1. The molecule has 0 aromatic rings. The summed E-state index contributed by atoms with van der Waals surface area (Å²) in [4.78, 5) is 26.5. The summed E-state index contributed by atoms with van der Waals surface area (Å²) < 4.78 is 17.6. The van der Waals surface area contributed by atoms with Gasteiger partial charge in [-0.2, -0.15) is 0 Å². The molecule has 0 spiro atoms. The summed E-state index contributed by atoms with van der Waals surface area (Å²) in [6.45, 7) is 5.47. The minimum atomic E-state index is -1.64. The first-order valence-corrected chi connectivity index (χ1v) is 30.5. The summed E-state index contributed by atoms with van der Waals surface area (Å²) in [5.74, 6) is -1.26. The van der Waals surface area contributed by atoms with Gasteiger partial charge in [0.1, 0.15) is 24.4 Å². The van der Waals surface area contributed by atoms with Crippen LogP contribution in [0.1, 0.15) is 213 Å². The number of nitrogens with one attached hydrogen (secondary N) is 1. The van der Waals surface area contributed by atoms with Crippen LogP contribution in [0, 0.1) is 0 Å². The second-order valence-corrected chi connectivity index (χ2v) is 20.4. The average Bonchev–Trinajstić information content (AvgIpc) is 3.44. The van der Waals surface area contributed by atoms with Crippen molar-refractivity contribution in [2.75, 3.05) is 13.2 Å². The van der Waals surface area contributed by atoms with Crippen LogP contribution >= 0.6 is 0 Å². The number of aliphatic hydroxyl groups excluding tert-OH is 5. The molecule has 6 N–H and O–H groups in total. The fourth-order valence-corrected chi connectivity index (χ4v) is 8.60. The molecular weight excluding hydrogens is 979 g/mol. The number of amides is 1. The van der Waals surface area contributed by atoms with Crippen LogP contribution in [0.15, 0.2) is 134 Å². The first-order chi connectivity index (χ1) is 38.2. The van der Waals surface area contributed by atoms with E-state index in [1.54, 1.807) is 6.08 Å². The molecule has 442 valence electrons. The highest BCUT2D eigenvalue weighted by atomic mass is 16.7. The van der Waals surface area contributed by atoms with Crippen LogP contribution in [-0.2, 0) is 23.8 Å². The van der Waals surface area contributed by atoms with Gasteiger partial charge in [0.15, 0.2) is 12.4 Å². The first kappa shape index (κ1) is 71.8. The monoisotopic (exact) mass is 1090 g/mol. The summed E-state index contributed by atoms with van der Waals surface area (Å²) in [5, 5.41) is 56.8. The zero-order valence-electron chi connectivity index (χ0n) is 48.7. The van der Waals surface area contributed by atoms with E-state index in [0.29, 0.717) is 12.8 Å². The normalized spacial score (nSPS) is 19.9. The molecule has 1 rings (SSSR count). The number of unbranched alkanes of at least 4 members (excludes halogenated alkanes) is 18. The van der Waals surface area contributed by atoms with Crippen LogP contribution < -0.4 is 5.32 Å². The third-order valence-corrected chi connectivity index (χ3v) is 13.4. The van der Waals surface area contributed by atoms with Crippen LogP contribution in [0.25, 0.3) is 0 Å². The maximum atomic E-state index is 13.4. The number of hydrogen-bond acceptors (Lipinski definition) is 10. The first-order valence-electron chi connectivity index (χ1n) is 30.5. The van der Waals surface area contributed by atoms with E-state index >= 15 is 0 Å². The molecule has 0 aliphatic carbocycles. The lowest BCUT2D eigenvalue weighted by molar-refractivity contribution is -0.305. The highest BCUT2D eigenvalue weighted by molar-refractivity contribution is 5.80. The lowest BCUT2D eigenvalue weighted by atomic mass is 9.99. The van der Waals surface area contributed by atoms with Gasteiger partial charge in [0.2, 0.25) is 5.91 Å². The zero-order chi connectivity index (χ0) is 56.8. The molecule has 8 unspecified atom stereocenters. The maximum Gasteiger partial charge on any atom is 0.306 e. The van der Waals surface area contributed by atoms with E-state index in [9.17, 15) is 35.1 Å². The minimum Gasteiger partial charge on any atom is -0.454 e. The van der Waals surface area contributed by atoms with Crippen LogP contribution in [0.3, 0.4) is 0 Å². The van der Waals surface area contributed by atoms with Crippen molar-refractivity contribution in [3.63, 3.8) is 0 Å². The number of aliphatic hydroxyl groups is 5. The zero-order valence-corrected chi connectivity index (χ0v) is 48.7. The van der Waals surface area contributed by atoms with Crippen molar-refractivity contribution in [3.8, 4) is 0 Å². The Bertz CT molecular complexity index is 1770. The Kier molecular flexibility index (Phi) is 49.2. The summed E-state index contributed by atoms with van der Waals surface area (Å²) in [5.41, 5.74) is 0. The van der Waals surface area contributed by atoms with Crippen molar-refractivity contribution in [1.29, 1.82) is 0 Å². The van der Waals surface area contributed by atoms with Crippen LogP contribution in [0.5, 0.6) is 0 Å². The molecule has 1 saturated heterocycles. The second kappa shape index (κ2) is 53.4. The Morgan fingerprint density at radius 1 is 0.526 bits per heavy atom. The molecule has 0 bridgehead atoms. The fourth-order valence-electron chi connectivity index (χ4n) is 8.60. The predicted molar refractivity (Wildman–Crippen MR) is 324 cm³/mol. The molecule has 11 nitrogen and oxygen atoms in total. The molecule has 1 aliphatic rings. The van der Waals surface area contributed by atoms with Crippen molar-refractivity contribution in [3.05, 3.63) is 134 Å². The van der Waals surface area contributed by atoms with Gasteiger partial charge in [-0.15, -0.1) is 0 Å². The smallest absolute Gasteiger partial charge is 0.306 e. The second-order valence-electron chi connectivity index (χ2n) is 20.4. The van der Waals surface area contributed by atoms with E-state index in [1.807, 2.05) is 48.6 Å². The topological polar surface area (TPSA) is 175 Å². The van der Waals surface area contributed by atoms with E-state index in [2.05, 4.69) is 105 Å². The standard InChI is InChI=1S/C67H109NO10/c1-4-7-10-13-16-19-22-25-26-27-28-29-30-31-32-33-34-35-36-37-40-43-46-49-52-55-62(72)78-65-64(74)63(73)61(56-69)77-67(65)76-57-58(59(70)53-50-47-44-41-38-23-20-17-14-11-8-5-2)68-66(75)60(71)54-51-48-45-42-39-24-21-18-15-12-9-6-3/h7,9-10,12,15-16,18-19,21,24-26,28-29,31-32,34-35,39,42,50,53,58-61,63-65,67,69-71,73-74H,4-6,8,11,13-14,17,20,22-23,27,30,33,36-38,40-41,43-49,51-52,54-57H2,1-3H3,(H,68,75)/b10-7-,12-9+,18-15+,19-16-,24-21-,26-25-,29-28-,32-31-,35-34-,42-39-,53-50+. The summed E-state index contributed by atoms with van der Waals surface area (Å²) >= 11 is 0. The molecule has 0 aromatic carbocycles. The Labute approximate surface area is 473 Å². The van der Waals surface area contributed by atoms with Crippen molar-refractivity contribution >= 4 is 11.9 Å². The summed E-state index contributed by atoms with van der Waals surface area (Å²) in [6, 6.07) is -1.06. The predicted octanol–water partition coefficient (Wildman–Crippen LogP) is 14.4. The molecule has 1 aliphatic heterocycles. The molecule has 8 atom stereocenters. The highest BCUT2D eigenvalue weighted by Gasteiger charge is 2.47. The number of ether oxygens (including phenoxy) is 3. The van der Waals surface area contributed by atoms with Crippen LogP contribution in [-0.4, -0.2) is 99.6 Å². The van der Waals surface area contributed by atoms with Crippen molar-refractivity contribution in [2.45, 2.75) is 262 Å². The molecule has 11 heteroatoms. The molecule has 1 amide bonds.